The van der Waals surface area contributed by atoms with Gasteiger partial charge in [-0.15, -0.1) is 0 Å². The van der Waals surface area contributed by atoms with Crippen LogP contribution < -0.4 is 10.4 Å². The van der Waals surface area contributed by atoms with Gasteiger partial charge in [0.25, 0.3) is 8.32 Å². The second-order valence-corrected chi connectivity index (χ2v) is 13.7. The van der Waals surface area contributed by atoms with Gasteiger partial charge in [-0.1, -0.05) is 81.4 Å². The van der Waals surface area contributed by atoms with Crippen LogP contribution in [0.1, 0.15) is 34.6 Å². The SMILES string of the molecule is CC(C)(C)[Si](OC[C@@]1(C)O[C@@H]2O[C@@H]2[C@]1(C)O)(c1ccccc1)c1ccccc1. The van der Waals surface area contributed by atoms with E-state index in [1.165, 1.54) is 10.4 Å². The second kappa shape index (κ2) is 6.51. The van der Waals surface area contributed by atoms with Crippen LogP contribution in [0.5, 0.6) is 0 Å². The number of fused-ring (bicyclic) bond motifs is 1. The van der Waals surface area contributed by atoms with Crippen molar-refractivity contribution >= 4 is 18.7 Å². The summed E-state index contributed by atoms with van der Waals surface area (Å²) in [6.07, 6.45) is -0.581. The van der Waals surface area contributed by atoms with Crippen molar-refractivity contribution in [3.8, 4) is 0 Å². The Morgan fingerprint density at radius 2 is 1.46 bits per heavy atom. The van der Waals surface area contributed by atoms with Crippen molar-refractivity contribution in [2.45, 2.75) is 63.3 Å². The first-order valence-corrected chi connectivity index (χ1v) is 11.8. The smallest absolute Gasteiger partial charge is 0.261 e. The third-order valence-electron chi connectivity index (χ3n) is 6.43. The molecule has 0 amide bonds. The predicted octanol–water partition coefficient (Wildman–Crippen LogP) is 2.83. The van der Waals surface area contributed by atoms with Crippen molar-refractivity contribution < 1.29 is 19.0 Å². The fraction of sp³-hybridized carbons (Fsp3) is 0.478. The summed E-state index contributed by atoms with van der Waals surface area (Å²) < 4.78 is 18.4. The molecule has 150 valence electrons. The van der Waals surface area contributed by atoms with E-state index in [4.69, 9.17) is 13.9 Å². The van der Waals surface area contributed by atoms with Crippen molar-refractivity contribution in [1.82, 2.24) is 0 Å². The number of hydrogen-bond donors (Lipinski definition) is 1. The maximum absolute atomic E-state index is 11.0. The predicted molar refractivity (Wildman–Crippen MR) is 112 cm³/mol. The van der Waals surface area contributed by atoms with E-state index < -0.39 is 19.5 Å². The maximum Gasteiger partial charge on any atom is 0.261 e. The van der Waals surface area contributed by atoms with Gasteiger partial charge in [0.15, 0.2) is 6.29 Å². The van der Waals surface area contributed by atoms with Crippen LogP contribution in [-0.2, 0) is 13.9 Å². The van der Waals surface area contributed by atoms with Crippen LogP contribution in [0.15, 0.2) is 60.7 Å². The van der Waals surface area contributed by atoms with Gasteiger partial charge in [-0.05, 0) is 29.3 Å². The molecule has 2 heterocycles. The quantitative estimate of drug-likeness (QED) is 0.622. The number of ether oxygens (including phenoxy) is 2. The first kappa shape index (κ1) is 19.8. The van der Waals surface area contributed by atoms with Gasteiger partial charge >= 0.3 is 0 Å². The first-order valence-electron chi connectivity index (χ1n) is 9.92. The Kier molecular flexibility index (Phi) is 4.60. The third-order valence-corrected chi connectivity index (χ3v) is 11.4. The minimum absolute atomic E-state index is 0.115. The minimum Gasteiger partial charge on any atom is -0.404 e. The molecule has 2 aliphatic heterocycles. The fourth-order valence-electron chi connectivity index (χ4n) is 4.45. The molecule has 2 aliphatic rings. The standard InChI is InChI=1S/C23H30O4Si/c1-21(2,3)28(17-12-8-6-9-13-17,18-14-10-7-11-15-18)25-16-22(4)23(5,24)19-20(26-19)27-22/h6-15,19-20,24H,16H2,1-5H3/t19-,20-,22+,23-/m0/s1. The monoisotopic (exact) mass is 398 g/mol. The second-order valence-electron chi connectivity index (χ2n) is 9.37. The van der Waals surface area contributed by atoms with Gasteiger partial charge in [0, 0.05) is 0 Å². The lowest BCUT2D eigenvalue weighted by Gasteiger charge is -2.46. The lowest BCUT2D eigenvalue weighted by Crippen LogP contribution is -2.68. The van der Waals surface area contributed by atoms with Crippen molar-refractivity contribution in [3.63, 3.8) is 0 Å². The van der Waals surface area contributed by atoms with Gasteiger partial charge in [0.05, 0.1) is 6.61 Å². The van der Waals surface area contributed by atoms with E-state index in [-0.39, 0.29) is 17.4 Å². The Labute approximate surface area is 168 Å². The van der Waals surface area contributed by atoms with Crippen molar-refractivity contribution in [2.75, 3.05) is 6.61 Å². The summed E-state index contributed by atoms with van der Waals surface area (Å²) in [6, 6.07) is 21.0. The van der Waals surface area contributed by atoms with E-state index in [1.54, 1.807) is 6.92 Å². The molecule has 0 spiro atoms. The molecule has 2 saturated heterocycles. The largest absolute Gasteiger partial charge is 0.404 e. The molecule has 28 heavy (non-hydrogen) atoms. The summed E-state index contributed by atoms with van der Waals surface area (Å²) in [5.41, 5.74) is -1.89. The molecule has 5 heteroatoms. The number of rotatable bonds is 5. The van der Waals surface area contributed by atoms with Crippen LogP contribution >= 0.6 is 0 Å². The molecule has 2 aromatic rings. The van der Waals surface area contributed by atoms with Crippen molar-refractivity contribution in [2.24, 2.45) is 0 Å². The van der Waals surface area contributed by atoms with Crippen molar-refractivity contribution in [3.05, 3.63) is 60.7 Å². The summed E-state index contributed by atoms with van der Waals surface area (Å²) in [5, 5.41) is 13.4. The number of benzene rings is 2. The zero-order valence-electron chi connectivity index (χ0n) is 17.3. The molecule has 0 bridgehead atoms. The molecule has 0 aliphatic carbocycles. The van der Waals surface area contributed by atoms with Gasteiger partial charge in [-0.25, -0.2) is 0 Å². The Morgan fingerprint density at radius 3 is 1.86 bits per heavy atom. The van der Waals surface area contributed by atoms with Gasteiger partial charge in [-0.3, -0.25) is 0 Å². The Balaban J connectivity index is 1.78. The highest BCUT2D eigenvalue weighted by Crippen LogP contribution is 2.51. The van der Waals surface area contributed by atoms with E-state index in [0.717, 1.165) is 0 Å². The fourth-order valence-corrected chi connectivity index (χ4v) is 9.10. The average Bonchev–Trinajstić information content (AvgIpc) is 3.38. The summed E-state index contributed by atoms with van der Waals surface area (Å²) in [7, 11) is -2.67. The van der Waals surface area contributed by atoms with Crippen LogP contribution in [0.25, 0.3) is 0 Å². The van der Waals surface area contributed by atoms with E-state index in [2.05, 4.69) is 69.3 Å². The van der Waals surface area contributed by atoms with Crippen LogP contribution in [0.2, 0.25) is 5.04 Å². The van der Waals surface area contributed by atoms with E-state index >= 15 is 0 Å². The number of aliphatic hydroxyl groups is 1. The Hall–Kier alpha value is -1.50. The van der Waals surface area contributed by atoms with Crippen LogP contribution in [0.4, 0.5) is 0 Å². The number of hydrogen-bond acceptors (Lipinski definition) is 4. The molecule has 2 aromatic carbocycles. The van der Waals surface area contributed by atoms with Crippen molar-refractivity contribution in [1.29, 1.82) is 0 Å². The normalized spacial score (nSPS) is 32.2. The molecule has 0 aromatic heterocycles. The zero-order valence-corrected chi connectivity index (χ0v) is 18.3. The molecule has 4 nitrogen and oxygen atoms in total. The molecular weight excluding hydrogens is 368 g/mol. The van der Waals surface area contributed by atoms with E-state index in [0.29, 0.717) is 6.61 Å². The highest BCUT2D eigenvalue weighted by Gasteiger charge is 2.70. The molecule has 0 radical (unpaired) electrons. The molecule has 1 N–H and O–H groups in total. The van der Waals surface area contributed by atoms with Crippen LogP contribution in [-0.4, -0.2) is 43.6 Å². The minimum atomic E-state index is -2.67. The van der Waals surface area contributed by atoms with E-state index in [9.17, 15) is 5.11 Å². The Morgan fingerprint density at radius 1 is 0.964 bits per heavy atom. The topological polar surface area (TPSA) is 51.2 Å². The van der Waals surface area contributed by atoms with Gasteiger partial charge < -0.3 is 19.0 Å². The third kappa shape index (κ3) is 2.88. The lowest BCUT2D eigenvalue weighted by molar-refractivity contribution is -0.190. The molecular formula is C23H30O4Si. The van der Waals surface area contributed by atoms with Crippen LogP contribution in [0, 0.1) is 0 Å². The Bertz CT molecular complexity index is 791. The first-order chi connectivity index (χ1) is 13.1. The van der Waals surface area contributed by atoms with E-state index in [1.807, 2.05) is 19.1 Å². The molecule has 0 saturated carbocycles. The summed E-state index contributed by atoms with van der Waals surface area (Å²) in [4.78, 5) is 0. The highest BCUT2D eigenvalue weighted by atomic mass is 28.4. The maximum atomic E-state index is 11.0. The highest BCUT2D eigenvalue weighted by molar-refractivity contribution is 6.99. The molecule has 2 fully saturated rings. The van der Waals surface area contributed by atoms with Gasteiger partial charge in [0.2, 0.25) is 0 Å². The molecule has 4 rings (SSSR count). The molecule has 0 unspecified atom stereocenters. The summed E-state index contributed by atoms with van der Waals surface area (Å²) in [5.74, 6) is 0. The summed E-state index contributed by atoms with van der Waals surface area (Å²) >= 11 is 0. The lowest BCUT2D eigenvalue weighted by atomic mass is 9.86. The average molecular weight is 399 g/mol. The van der Waals surface area contributed by atoms with Gasteiger partial charge in [-0.2, -0.15) is 0 Å². The zero-order chi connectivity index (χ0) is 20.2. The summed E-state index contributed by atoms with van der Waals surface area (Å²) in [6.45, 7) is 10.8. The van der Waals surface area contributed by atoms with Crippen LogP contribution in [0.3, 0.4) is 0 Å². The molecule has 4 atom stereocenters. The van der Waals surface area contributed by atoms with Gasteiger partial charge in [0.1, 0.15) is 17.3 Å². The number of epoxide rings is 1.